The van der Waals surface area contributed by atoms with Crippen molar-refractivity contribution in [3.8, 4) is 0 Å². The highest BCUT2D eigenvalue weighted by atomic mass is 16.5. The fraction of sp³-hybridized carbons (Fsp3) is 0.579. The molecule has 0 unspecified atom stereocenters. The summed E-state index contributed by atoms with van der Waals surface area (Å²) in [5.74, 6) is 0.399. The number of aryl methyl sites for hydroxylation is 1. The van der Waals surface area contributed by atoms with Crippen LogP contribution in [0, 0.1) is 5.41 Å². The highest BCUT2D eigenvalue weighted by Crippen LogP contribution is 2.40. The molecule has 0 aromatic heterocycles. The molecule has 0 bridgehead atoms. The summed E-state index contributed by atoms with van der Waals surface area (Å²) in [4.78, 5) is 28.3. The average molecular weight is 330 g/mol. The minimum Gasteiger partial charge on any atom is -0.384 e. The van der Waals surface area contributed by atoms with Gasteiger partial charge in [-0.15, -0.1) is 0 Å². The van der Waals surface area contributed by atoms with E-state index in [-0.39, 0.29) is 17.2 Å². The number of hydrogen-bond acceptors (Lipinski definition) is 3. The molecule has 0 N–H and O–H groups in total. The Hall–Kier alpha value is -1.88. The van der Waals surface area contributed by atoms with Crippen LogP contribution in [-0.2, 0) is 20.7 Å². The van der Waals surface area contributed by atoms with Gasteiger partial charge in [0.25, 0.3) is 0 Å². The second kappa shape index (κ2) is 7.34. The Morgan fingerprint density at radius 1 is 1.04 bits per heavy atom. The van der Waals surface area contributed by atoms with E-state index in [0.717, 1.165) is 39.0 Å². The van der Waals surface area contributed by atoms with Gasteiger partial charge in [0.15, 0.2) is 0 Å². The van der Waals surface area contributed by atoms with Gasteiger partial charge in [0.05, 0.1) is 13.0 Å². The van der Waals surface area contributed by atoms with E-state index in [1.807, 2.05) is 28.0 Å². The lowest BCUT2D eigenvalue weighted by molar-refractivity contribution is -0.143. The molecule has 24 heavy (non-hydrogen) atoms. The van der Waals surface area contributed by atoms with Crippen molar-refractivity contribution >= 4 is 11.8 Å². The monoisotopic (exact) mass is 330 g/mol. The summed E-state index contributed by atoms with van der Waals surface area (Å²) in [5.41, 5.74) is 1.35. The quantitative estimate of drug-likeness (QED) is 0.798. The molecule has 0 radical (unpaired) electrons. The number of amides is 2. The Balaban J connectivity index is 1.42. The fourth-order valence-electron chi connectivity index (χ4n) is 3.75. The van der Waals surface area contributed by atoms with Gasteiger partial charge in [-0.25, -0.2) is 0 Å². The molecule has 3 rings (SSSR count). The summed E-state index contributed by atoms with van der Waals surface area (Å²) in [5, 5.41) is 0. The largest absolute Gasteiger partial charge is 0.384 e. The van der Waals surface area contributed by atoms with Crippen LogP contribution in [0.3, 0.4) is 0 Å². The topological polar surface area (TPSA) is 49.9 Å². The molecule has 2 aliphatic rings. The minimum atomic E-state index is 0.144. The number of benzene rings is 1. The summed E-state index contributed by atoms with van der Waals surface area (Å²) in [6.07, 6.45) is 2.82. The molecule has 0 aliphatic carbocycles. The van der Waals surface area contributed by atoms with Crippen LogP contribution in [0.4, 0.5) is 0 Å². The van der Waals surface area contributed by atoms with Crippen molar-refractivity contribution in [1.29, 1.82) is 0 Å². The number of ether oxygens (including phenoxy) is 1. The van der Waals surface area contributed by atoms with Gasteiger partial charge >= 0.3 is 0 Å². The fourth-order valence-corrected chi connectivity index (χ4v) is 3.75. The van der Waals surface area contributed by atoms with E-state index in [0.29, 0.717) is 19.4 Å². The van der Waals surface area contributed by atoms with Crippen molar-refractivity contribution < 1.29 is 14.3 Å². The lowest BCUT2D eigenvalue weighted by Gasteiger charge is -2.48. The highest BCUT2D eigenvalue weighted by Gasteiger charge is 2.49. The first-order chi connectivity index (χ1) is 11.6. The lowest BCUT2D eigenvalue weighted by Crippen LogP contribution is -2.59. The molecule has 130 valence electrons. The zero-order chi connectivity index (χ0) is 17.0. The third-order valence-corrected chi connectivity index (χ3v) is 5.19. The molecule has 1 aromatic carbocycles. The molecule has 2 aliphatic heterocycles. The Labute approximate surface area is 143 Å². The van der Waals surface area contributed by atoms with Crippen LogP contribution in [0.2, 0.25) is 0 Å². The van der Waals surface area contributed by atoms with E-state index < -0.39 is 0 Å². The van der Waals surface area contributed by atoms with Crippen LogP contribution in [0.25, 0.3) is 0 Å². The molecular formula is C19H26N2O3. The molecule has 2 heterocycles. The number of nitrogens with zero attached hydrogens (tertiary/aromatic N) is 2. The first kappa shape index (κ1) is 17.0. The summed E-state index contributed by atoms with van der Waals surface area (Å²) in [6, 6.07) is 10.1. The highest BCUT2D eigenvalue weighted by molar-refractivity contribution is 5.78. The van der Waals surface area contributed by atoms with E-state index in [1.54, 1.807) is 7.11 Å². The molecular weight excluding hydrogens is 304 g/mol. The Kier molecular flexibility index (Phi) is 5.19. The molecule has 5 nitrogen and oxygen atoms in total. The number of methoxy groups -OCH3 is 1. The van der Waals surface area contributed by atoms with Gasteiger partial charge in [0.2, 0.25) is 11.8 Å². The van der Waals surface area contributed by atoms with Crippen molar-refractivity contribution in [2.24, 2.45) is 5.41 Å². The van der Waals surface area contributed by atoms with Crippen molar-refractivity contribution in [3.63, 3.8) is 0 Å². The van der Waals surface area contributed by atoms with Crippen LogP contribution in [0.15, 0.2) is 30.3 Å². The van der Waals surface area contributed by atoms with E-state index in [2.05, 4.69) is 12.1 Å². The van der Waals surface area contributed by atoms with Crippen molar-refractivity contribution in [2.75, 3.05) is 39.9 Å². The van der Waals surface area contributed by atoms with Crippen molar-refractivity contribution in [2.45, 2.75) is 25.7 Å². The second-order valence-electron chi connectivity index (χ2n) is 7.04. The van der Waals surface area contributed by atoms with E-state index in [1.165, 1.54) is 5.56 Å². The molecule has 2 amide bonds. The number of carbonyl (C=O) groups is 2. The summed E-state index contributed by atoms with van der Waals surface area (Å²) < 4.78 is 4.98. The van der Waals surface area contributed by atoms with Crippen molar-refractivity contribution in [3.05, 3.63) is 35.9 Å². The van der Waals surface area contributed by atoms with Crippen LogP contribution in [0.5, 0.6) is 0 Å². The molecule has 1 aromatic rings. The van der Waals surface area contributed by atoms with E-state index in [4.69, 9.17) is 4.74 Å². The maximum Gasteiger partial charge on any atom is 0.224 e. The zero-order valence-electron chi connectivity index (χ0n) is 14.4. The molecule has 1 spiro atoms. The minimum absolute atomic E-state index is 0.144. The number of rotatable bonds is 6. The first-order valence-electron chi connectivity index (χ1n) is 8.70. The van der Waals surface area contributed by atoms with E-state index in [9.17, 15) is 9.59 Å². The molecule has 2 fully saturated rings. The van der Waals surface area contributed by atoms with Gasteiger partial charge < -0.3 is 14.5 Å². The van der Waals surface area contributed by atoms with Crippen LogP contribution < -0.4 is 0 Å². The predicted octanol–water partition coefficient (Wildman–Crippen LogP) is 1.72. The predicted molar refractivity (Wildman–Crippen MR) is 91.5 cm³/mol. The van der Waals surface area contributed by atoms with Gasteiger partial charge in [0.1, 0.15) is 0 Å². The zero-order valence-corrected chi connectivity index (χ0v) is 14.4. The second-order valence-corrected chi connectivity index (χ2v) is 7.04. The summed E-state index contributed by atoms with van der Waals surface area (Å²) in [7, 11) is 1.61. The standard InChI is InChI=1S/C19H26N2O3/c1-24-12-9-18(23)20-11-10-19(13-20)14-21(15-19)17(22)8-7-16-5-3-2-4-6-16/h2-6H,7-15H2,1H3. The van der Waals surface area contributed by atoms with Gasteiger partial charge in [0, 0.05) is 45.1 Å². The molecule has 5 heteroatoms. The summed E-state index contributed by atoms with van der Waals surface area (Å²) >= 11 is 0. The summed E-state index contributed by atoms with van der Waals surface area (Å²) in [6.45, 7) is 3.68. The third-order valence-electron chi connectivity index (χ3n) is 5.19. The number of hydrogen-bond donors (Lipinski definition) is 0. The Morgan fingerprint density at radius 3 is 2.42 bits per heavy atom. The number of likely N-dealkylation sites (tertiary alicyclic amines) is 2. The van der Waals surface area contributed by atoms with Crippen LogP contribution in [0.1, 0.15) is 24.8 Å². The third kappa shape index (κ3) is 3.78. The van der Waals surface area contributed by atoms with Gasteiger partial charge in [-0.3, -0.25) is 9.59 Å². The molecule has 0 atom stereocenters. The van der Waals surface area contributed by atoms with E-state index >= 15 is 0 Å². The Morgan fingerprint density at radius 2 is 1.71 bits per heavy atom. The van der Waals surface area contributed by atoms with Gasteiger partial charge in [-0.2, -0.15) is 0 Å². The first-order valence-corrected chi connectivity index (χ1v) is 8.70. The molecule has 2 saturated heterocycles. The average Bonchev–Trinajstić information content (AvgIpc) is 3.03. The smallest absolute Gasteiger partial charge is 0.224 e. The number of carbonyl (C=O) groups excluding carboxylic acids is 2. The maximum atomic E-state index is 12.3. The normalized spacial score (nSPS) is 18.7. The SMILES string of the molecule is COCCC(=O)N1CCC2(C1)CN(C(=O)CCc1ccccc1)C2. The van der Waals surface area contributed by atoms with Gasteiger partial charge in [-0.05, 0) is 18.4 Å². The lowest BCUT2D eigenvalue weighted by atomic mass is 9.79. The van der Waals surface area contributed by atoms with Gasteiger partial charge in [-0.1, -0.05) is 30.3 Å². The van der Waals surface area contributed by atoms with Crippen molar-refractivity contribution in [1.82, 2.24) is 9.80 Å². The van der Waals surface area contributed by atoms with Crippen LogP contribution >= 0.6 is 0 Å². The van der Waals surface area contributed by atoms with Crippen LogP contribution in [-0.4, -0.2) is 61.5 Å². The Bertz CT molecular complexity index is 582. The molecule has 0 saturated carbocycles. The maximum absolute atomic E-state index is 12.3.